The summed E-state index contributed by atoms with van der Waals surface area (Å²) in [6.45, 7) is 0.444. The van der Waals surface area contributed by atoms with E-state index in [0.717, 1.165) is 16.3 Å². The molecular weight excluding hydrogens is 460 g/mol. The van der Waals surface area contributed by atoms with Crippen LogP contribution in [0.5, 0.6) is 0 Å². The Hall–Kier alpha value is -3.79. The van der Waals surface area contributed by atoms with Gasteiger partial charge in [0.25, 0.3) is 11.8 Å². The van der Waals surface area contributed by atoms with Crippen molar-refractivity contribution in [3.63, 3.8) is 0 Å². The minimum absolute atomic E-state index is 0.254. The van der Waals surface area contributed by atoms with Crippen molar-refractivity contribution in [1.29, 1.82) is 0 Å². The molecule has 3 aromatic rings. The fraction of sp³-hybridized carbons (Fsp3) is 0.296. The Morgan fingerprint density at radius 1 is 0.972 bits per heavy atom. The summed E-state index contributed by atoms with van der Waals surface area (Å²) < 4.78 is 10.5. The van der Waals surface area contributed by atoms with Crippen molar-refractivity contribution >= 4 is 28.5 Å². The molecule has 4 N–H and O–H groups in total. The SMILES string of the molecule is COC(OC)c1ccc(C(=O)N2CCC[C@H]2C(=O)N[C@@H](C(=O)NN)c2cccc3ccccc23)cc1. The van der Waals surface area contributed by atoms with Crippen molar-refractivity contribution in [3.8, 4) is 0 Å². The maximum absolute atomic E-state index is 13.4. The lowest BCUT2D eigenvalue weighted by molar-refractivity contribution is -0.131. The van der Waals surface area contributed by atoms with Gasteiger partial charge in [0.1, 0.15) is 12.1 Å². The zero-order valence-electron chi connectivity index (χ0n) is 20.3. The molecule has 1 fully saturated rings. The van der Waals surface area contributed by atoms with Crippen LogP contribution in [0.4, 0.5) is 0 Å². The number of hydrazine groups is 1. The molecule has 1 saturated heterocycles. The molecule has 3 amide bonds. The Bertz CT molecular complexity index is 1240. The summed E-state index contributed by atoms with van der Waals surface area (Å²) in [7, 11) is 3.08. The first-order valence-corrected chi connectivity index (χ1v) is 11.7. The number of nitrogens with one attached hydrogen (secondary N) is 2. The summed E-state index contributed by atoms with van der Waals surface area (Å²) in [5.41, 5.74) is 4.01. The largest absolute Gasteiger partial charge is 0.352 e. The molecule has 0 bridgehead atoms. The van der Waals surface area contributed by atoms with E-state index in [1.54, 1.807) is 35.2 Å². The quantitative estimate of drug-likeness (QED) is 0.193. The number of hydrogen-bond acceptors (Lipinski definition) is 6. The van der Waals surface area contributed by atoms with Crippen molar-refractivity contribution in [2.75, 3.05) is 20.8 Å². The van der Waals surface area contributed by atoms with Gasteiger partial charge in [-0.15, -0.1) is 0 Å². The highest BCUT2D eigenvalue weighted by Gasteiger charge is 2.36. The van der Waals surface area contributed by atoms with Gasteiger partial charge in [-0.3, -0.25) is 19.8 Å². The molecule has 1 aliphatic heterocycles. The van der Waals surface area contributed by atoms with Gasteiger partial charge in [-0.05, 0) is 41.3 Å². The standard InChI is InChI=1S/C27H30N4O5/c1-35-27(36-2)19-14-12-18(13-15-19)26(34)31-16-6-11-22(31)24(32)29-23(25(33)30-28)21-10-5-8-17-7-3-4-9-20(17)21/h3-5,7-10,12-15,22-23,27H,6,11,16,28H2,1-2H3,(H,29,32)(H,30,33)/t22-,23+/m0/s1. The maximum atomic E-state index is 13.4. The average molecular weight is 491 g/mol. The zero-order valence-corrected chi connectivity index (χ0v) is 20.3. The van der Waals surface area contributed by atoms with E-state index in [4.69, 9.17) is 15.3 Å². The first-order valence-electron chi connectivity index (χ1n) is 11.7. The minimum atomic E-state index is -1.01. The second-order valence-corrected chi connectivity index (χ2v) is 8.60. The van der Waals surface area contributed by atoms with Crippen LogP contribution in [0, 0.1) is 0 Å². The molecule has 0 aliphatic carbocycles. The number of carbonyl (C=O) groups is 3. The van der Waals surface area contributed by atoms with Crippen LogP contribution in [-0.4, -0.2) is 49.4 Å². The minimum Gasteiger partial charge on any atom is -0.352 e. The third-order valence-electron chi connectivity index (χ3n) is 6.50. The lowest BCUT2D eigenvalue weighted by atomic mass is 9.97. The molecule has 36 heavy (non-hydrogen) atoms. The average Bonchev–Trinajstić information content (AvgIpc) is 3.42. The fourth-order valence-corrected chi connectivity index (χ4v) is 4.71. The monoisotopic (exact) mass is 490 g/mol. The van der Waals surface area contributed by atoms with E-state index in [2.05, 4.69) is 10.7 Å². The van der Waals surface area contributed by atoms with Gasteiger partial charge < -0.3 is 19.7 Å². The van der Waals surface area contributed by atoms with E-state index in [0.29, 0.717) is 30.5 Å². The van der Waals surface area contributed by atoms with Gasteiger partial charge in [0.15, 0.2) is 6.29 Å². The molecule has 4 rings (SSSR count). The molecule has 188 valence electrons. The Morgan fingerprint density at radius 3 is 2.36 bits per heavy atom. The summed E-state index contributed by atoms with van der Waals surface area (Å²) in [6.07, 6.45) is 0.649. The first kappa shape index (κ1) is 25.3. The molecule has 0 saturated carbocycles. The number of benzene rings is 3. The summed E-state index contributed by atoms with van der Waals surface area (Å²) in [6, 6.07) is 18.3. The topological polar surface area (TPSA) is 123 Å². The number of rotatable bonds is 8. The molecule has 1 aliphatic rings. The smallest absolute Gasteiger partial charge is 0.261 e. The number of hydrogen-bond donors (Lipinski definition) is 3. The van der Waals surface area contributed by atoms with Gasteiger partial charge >= 0.3 is 0 Å². The number of nitrogens with zero attached hydrogens (tertiary/aromatic N) is 1. The maximum Gasteiger partial charge on any atom is 0.261 e. The van der Waals surface area contributed by atoms with Crippen LogP contribution < -0.4 is 16.6 Å². The molecule has 0 aromatic heterocycles. The highest BCUT2D eigenvalue weighted by atomic mass is 16.7. The van der Waals surface area contributed by atoms with E-state index in [1.807, 2.05) is 36.4 Å². The third kappa shape index (κ3) is 5.08. The predicted octanol–water partition coefficient (Wildman–Crippen LogP) is 2.58. The van der Waals surface area contributed by atoms with E-state index in [-0.39, 0.29) is 5.91 Å². The van der Waals surface area contributed by atoms with Crippen LogP contribution in [0.2, 0.25) is 0 Å². The Labute approximate surface area is 209 Å². The van der Waals surface area contributed by atoms with Gasteiger partial charge in [0.05, 0.1) is 0 Å². The molecule has 3 aromatic carbocycles. The first-order chi connectivity index (χ1) is 17.5. The second-order valence-electron chi connectivity index (χ2n) is 8.60. The normalized spacial score (nSPS) is 16.2. The van der Waals surface area contributed by atoms with Gasteiger partial charge in [-0.1, -0.05) is 54.6 Å². The molecule has 9 nitrogen and oxygen atoms in total. The number of ether oxygens (including phenoxy) is 2. The Balaban J connectivity index is 1.55. The summed E-state index contributed by atoms with van der Waals surface area (Å²) >= 11 is 0. The predicted molar refractivity (Wildman–Crippen MR) is 134 cm³/mol. The van der Waals surface area contributed by atoms with E-state index in [1.165, 1.54) is 14.2 Å². The highest BCUT2D eigenvalue weighted by Crippen LogP contribution is 2.27. The number of likely N-dealkylation sites (tertiary alicyclic amines) is 1. The van der Waals surface area contributed by atoms with Crippen LogP contribution in [0.25, 0.3) is 10.8 Å². The lowest BCUT2D eigenvalue weighted by Gasteiger charge is -2.27. The summed E-state index contributed by atoms with van der Waals surface area (Å²) in [5, 5.41) is 4.60. The molecular formula is C27H30N4O5. The summed E-state index contributed by atoms with van der Waals surface area (Å²) in [4.78, 5) is 41.0. The zero-order chi connectivity index (χ0) is 25.7. The van der Waals surface area contributed by atoms with Crippen molar-refractivity contribution in [2.45, 2.75) is 31.2 Å². The number of carbonyl (C=O) groups excluding carboxylic acids is 3. The molecule has 0 spiro atoms. The Morgan fingerprint density at radius 2 is 1.67 bits per heavy atom. The highest BCUT2D eigenvalue weighted by molar-refractivity contribution is 6.00. The Kier molecular flexibility index (Phi) is 7.94. The van der Waals surface area contributed by atoms with Gasteiger partial charge in [0.2, 0.25) is 5.91 Å². The van der Waals surface area contributed by atoms with Crippen molar-refractivity contribution in [1.82, 2.24) is 15.6 Å². The van der Waals surface area contributed by atoms with Crippen LogP contribution in [-0.2, 0) is 19.1 Å². The number of nitrogens with two attached hydrogens (primary N) is 1. The molecule has 9 heteroatoms. The molecule has 0 radical (unpaired) electrons. The van der Waals surface area contributed by atoms with Crippen LogP contribution >= 0.6 is 0 Å². The van der Waals surface area contributed by atoms with Gasteiger partial charge in [0, 0.05) is 31.9 Å². The van der Waals surface area contributed by atoms with Crippen molar-refractivity contribution in [3.05, 3.63) is 83.4 Å². The van der Waals surface area contributed by atoms with E-state index < -0.39 is 30.2 Å². The fourth-order valence-electron chi connectivity index (χ4n) is 4.71. The molecule has 0 unspecified atom stereocenters. The van der Waals surface area contributed by atoms with Crippen LogP contribution in [0.3, 0.4) is 0 Å². The second kappa shape index (κ2) is 11.3. The molecule has 2 atom stereocenters. The number of fused-ring (bicyclic) bond motifs is 1. The van der Waals surface area contributed by atoms with E-state index in [9.17, 15) is 14.4 Å². The lowest BCUT2D eigenvalue weighted by Crippen LogP contribution is -2.50. The summed E-state index contributed by atoms with van der Waals surface area (Å²) in [5.74, 6) is 4.25. The number of amides is 3. The molecule has 1 heterocycles. The number of methoxy groups -OCH3 is 2. The van der Waals surface area contributed by atoms with Crippen molar-refractivity contribution < 1.29 is 23.9 Å². The van der Waals surface area contributed by atoms with Crippen molar-refractivity contribution in [2.24, 2.45) is 5.84 Å². The van der Waals surface area contributed by atoms with E-state index >= 15 is 0 Å². The van der Waals surface area contributed by atoms with Crippen LogP contribution in [0.15, 0.2) is 66.7 Å². The van der Waals surface area contributed by atoms with Gasteiger partial charge in [-0.25, -0.2) is 5.84 Å². The van der Waals surface area contributed by atoms with Gasteiger partial charge in [-0.2, -0.15) is 0 Å². The third-order valence-corrected chi connectivity index (χ3v) is 6.50. The van der Waals surface area contributed by atoms with Crippen LogP contribution in [0.1, 0.15) is 46.7 Å².